The van der Waals surface area contributed by atoms with Crippen LogP contribution in [-0.4, -0.2) is 43.0 Å². The number of carbonyl (C=O) groups is 1. The first-order valence-corrected chi connectivity index (χ1v) is 10.5. The van der Waals surface area contributed by atoms with E-state index in [-0.39, 0.29) is 5.91 Å². The van der Waals surface area contributed by atoms with Gasteiger partial charge in [-0.05, 0) is 76.7 Å². The molecule has 0 spiro atoms. The zero-order valence-electron chi connectivity index (χ0n) is 17.5. The Balaban J connectivity index is 1.88. The van der Waals surface area contributed by atoms with E-state index < -0.39 is 0 Å². The summed E-state index contributed by atoms with van der Waals surface area (Å²) >= 11 is 1.60. The third-order valence-electron chi connectivity index (χ3n) is 4.90. The van der Waals surface area contributed by atoms with E-state index in [1.807, 2.05) is 11.0 Å². The number of hydrogen-bond acceptors (Lipinski definition) is 4. The summed E-state index contributed by atoms with van der Waals surface area (Å²) in [5.41, 5.74) is 5.61. The molecule has 2 aromatic carbocycles. The lowest BCUT2D eigenvalue weighted by atomic mass is 10.0. The van der Waals surface area contributed by atoms with Gasteiger partial charge in [0.25, 0.3) is 0 Å². The number of aromatic nitrogens is 1. The highest BCUT2D eigenvalue weighted by atomic mass is 32.1. The normalized spacial score (nSPS) is 11.4. The highest BCUT2D eigenvalue weighted by Crippen LogP contribution is 2.30. The molecule has 0 aliphatic rings. The van der Waals surface area contributed by atoms with Gasteiger partial charge in [0, 0.05) is 6.54 Å². The molecule has 148 valence electrons. The molecule has 0 N–H and O–H groups in total. The van der Waals surface area contributed by atoms with Crippen LogP contribution in [0.2, 0.25) is 0 Å². The van der Waals surface area contributed by atoms with Crippen LogP contribution in [0.5, 0.6) is 0 Å². The summed E-state index contributed by atoms with van der Waals surface area (Å²) in [6, 6.07) is 12.6. The highest BCUT2D eigenvalue weighted by molar-refractivity contribution is 7.22. The first-order chi connectivity index (χ1) is 13.3. The van der Waals surface area contributed by atoms with Gasteiger partial charge in [-0.15, -0.1) is 0 Å². The molecule has 0 bridgehead atoms. The second kappa shape index (κ2) is 8.84. The number of benzene rings is 2. The van der Waals surface area contributed by atoms with Crippen LogP contribution in [0.1, 0.15) is 28.7 Å². The Kier molecular flexibility index (Phi) is 6.47. The van der Waals surface area contributed by atoms with E-state index in [2.05, 4.69) is 70.1 Å². The van der Waals surface area contributed by atoms with Crippen LogP contribution in [0.3, 0.4) is 0 Å². The number of amides is 1. The summed E-state index contributed by atoms with van der Waals surface area (Å²) in [5.74, 6) is 0.114. The smallest absolute Gasteiger partial charge is 0.233 e. The minimum absolute atomic E-state index is 0.114. The van der Waals surface area contributed by atoms with Crippen molar-refractivity contribution in [1.29, 1.82) is 0 Å². The van der Waals surface area contributed by atoms with Gasteiger partial charge in [-0.2, -0.15) is 0 Å². The highest BCUT2D eigenvalue weighted by Gasteiger charge is 2.20. The Bertz CT molecular complexity index is 977. The topological polar surface area (TPSA) is 36.4 Å². The maximum atomic E-state index is 13.3. The molecule has 0 radical (unpaired) electrons. The molecule has 1 amide bonds. The predicted octanol–water partition coefficient (Wildman–Crippen LogP) is 4.75. The summed E-state index contributed by atoms with van der Waals surface area (Å²) in [4.78, 5) is 22.1. The summed E-state index contributed by atoms with van der Waals surface area (Å²) in [7, 11) is 4.12. The Labute approximate surface area is 171 Å². The van der Waals surface area contributed by atoms with Crippen LogP contribution in [0, 0.1) is 20.8 Å². The van der Waals surface area contributed by atoms with Crippen LogP contribution in [0.15, 0.2) is 36.4 Å². The molecule has 0 atom stereocenters. The number of anilines is 1. The average Bonchev–Trinajstić information content (AvgIpc) is 3.04. The monoisotopic (exact) mass is 395 g/mol. The van der Waals surface area contributed by atoms with Crippen LogP contribution >= 0.6 is 11.3 Å². The Hall–Kier alpha value is -2.24. The molecule has 1 heterocycles. The van der Waals surface area contributed by atoms with E-state index in [0.717, 1.165) is 39.4 Å². The van der Waals surface area contributed by atoms with Crippen LogP contribution < -0.4 is 4.90 Å². The number of rotatable bonds is 7. The summed E-state index contributed by atoms with van der Waals surface area (Å²) in [6.07, 6.45) is 1.32. The van der Waals surface area contributed by atoms with E-state index in [0.29, 0.717) is 13.0 Å². The molecular formula is C23H29N3OS. The largest absolute Gasteiger partial charge is 0.309 e. The van der Waals surface area contributed by atoms with Crippen molar-refractivity contribution in [1.82, 2.24) is 9.88 Å². The Morgan fingerprint density at radius 3 is 2.46 bits per heavy atom. The van der Waals surface area contributed by atoms with Crippen molar-refractivity contribution >= 4 is 32.6 Å². The number of aryl methyl sites for hydroxylation is 3. The quantitative estimate of drug-likeness (QED) is 0.579. The van der Waals surface area contributed by atoms with E-state index in [1.54, 1.807) is 11.3 Å². The summed E-state index contributed by atoms with van der Waals surface area (Å²) < 4.78 is 1.13. The van der Waals surface area contributed by atoms with Crippen LogP contribution in [0.25, 0.3) is 10.2 Å². The first kappa shape index (κ1) is 20.5. The second-order valence-electron chi connectivity index (χ2n) is 7.78. The van der Waals surface area contributed by atoms with Gasteiger partial charge in [0.05, 0.1) is 16.6 Å². The molecular weight excluding hydrogens is 366 g/mol. The minimum Gasteiger partial charge on any atom is -0.309 e. The molecule has 0 aliphatic carbocycles. The lowest BCUT2D eigenvalue weighted by Gasteiger charge is -2.21. The number of fused-ring (bicyclic) bond motifs is 1. The minimum atomic E-state index is 0.114. The van der Waals surface area contributed by atoms with Crippen molar-refractivity contribution < 1.29 is 4.79 Å². The lowest BCUT2D eigenvalue weighted by molar-refractivity contribution is -0.118. The molecule has 0 aliphatic heterocycles. The van der Waals surface area contributed by atoms with Crippen molar-refractivity contribution in [2.75, 3.05) is 32.1 Å². The summed E-state index contributed by atoms with van der Waals surface area (Å²) in [6.45, 7) is 7.84. The van der Waals surface area contributed by atoms with E-state index in [4.69, 9.17) is 4.98 Å². The van der Waals surface area contributed by atoms with Gasteiger partial charge in [0.15, 0.2) is 5.13 Å². The fourth-order valence-corrected chi connectivity index (χ4v) is 4.36. The molecule has 3 rings (SSSR count). The van der Waals surface area contributed by atoms with Gasteiger partial charge < -0.3 is 4.90 Å². The van der Waals surface area contributed by atoms with Gasteiger partial charge >= 0.3 is 0 Å². The maximum Gasteiger partial charge on any atom is 0.233 e. The van der Waals surface area contributed by atoms with Gasteiger partial charge in [-0.25, -0.2) is 4.98 Å². The maximum absolute atomic E-state index is 13.3. The van der Waals surface area contributed by atoms with E-state index in [9.17, 15) is 4.79 Å². The van der Waals surface area contributed by atoms with Crippen molar-refractivity contribution in [3.05, 3.63) is 58.7 Å². The van der Waals surface area contributed by atoms with E-state index in [1.165, 1.54) is 11.1 Å². The van der Waals surface area contributed by atoms with Gasteiger partial charge in [-0.3, -0.25) is 9.69 Å². The zero-order valence-corrected chi connectivity index (χ0v) is 18.3. The molecule has 0 saturated carbocycles. The van der Waals surface area contributed by atoms with Crippen LogP contribution in [-0.2, 0) is 11.2 Å². The molecule has 0 saturated heterocycles. The fraction of sp³-hybridized carbons (Fsp3) is 0.391. The summed E-state index contributed by atoms with van der Waals surface area (Å²) in [5, 5.41) is 0.801. The van der Waals surface area contributed by atoms with Gasteiger partial charge in [0.1, 0.15) is 0 Å². The molecule has 5 heteroatoms. The second-order valence-corrected chi connectivity index (χ2v) is 8.79. The molecule has 1 aromatic heterocycles. The van der Waals surface area contributed by atoms with Gasteiger partial charge in [0.2, 0.25) is 5.91 Å². The van der Waals surface area contributed by atoms with Gasteiger partial charge in [-0.1, -0.05) is 41.2 Å². The van der Waals surface area contributed by atoms with E-state index >= 15 is 0 Å². The van der Waals surface area contributed by atoms with Crippen molar-refractivity contribution in [2.24, 2.45) is 0 Å². The number of nitrogens with zero attached hydrogens (tertiary/aromatic N) is 3. The van der Waals surface area contributed by atoms with Crippen molar-refractivity contribution in [3.8, 4) is 0 Å². The lowest BCUT2D eigenvalue weighted by Crippen LogP contribution is -2.34. The molecule has 0 fully saturated rings. The first-order valence-electron chi connectivity index (χ1n) is 9.72. The number of carbonyl (C=O) groups excluding carboxylic acids is 1. The Morgan fingerprint density at radius 2 is 1.71 bits per heavy atom. The third kappa shape index (κ3) is 4.97. The SMILES string of the molecule is Cc1ccc(C)c(CC(=O)N(CCCN(C)C)c2nc3ccc(C)cc3s2)c1. The number of hydrogen-bond donors (Lipinski definition) is 0. The van der Waals surface area contributed by atoms with Crippen LogP contribution in [0.4, 0.5) is 5.13 Å². The van der Waals surface area contributed by atoms with Crippen molar-refractivity contribution in [2.45, 2.75) is 33.6 Å². The standard InChI is InChI=1S/C23H29N3OS/c1-16-7-9-18(3)19(13-16)15-22(27)26(12-6-11-25(4)5)23-24-20-10-8-17(2)14-21(20)28-23/h7-10,13-14H,6,11-12,15H2,1-5H3. The predicted molar refractivity (Wildman–Crippen MR) is 120 cm³/mol. The fourth-order valence-electron chi connectivity index (χ4n) is 3.26. The Morgan fingerprint density at radius 1 is 1.00 bits per heavy atom. The number of thiazole rings is 1. The molecule has 28 heavy (non-hydrogen) atoms. The molecule has 4 nitrogen and oxygen atoms in total. The molecule has 3 aromatic rings. The van der Waals surface area contributed by atoms with Crippen molar-refractivity contribution in [3.63, 3.8) is 0 Å². The third-order valence-corrected chi connectivity index (χ3v) is 5.94. The molecule has 0 unspecified atom stereocenters. The average molecular weight is 396 g/mol. The zero-order chi connectivity index (χ0) is 20.3.